The number of hydrogen-bond donors (Lipinski definition) is 2. The van der Waals surface area contributed by atoms with E-state index in [9.17, 15) is 9.90 Å². The van der Waals surface area contributed by atoms with Crippen LogP contribution in [0.1, 0.15) is 18.2 Å². The monoisotopic (exact) mass is 299 g/mol. The van der Waals surface area contributed by atoms with E-state index in [0.717, 1.165) is 5.56 Å². The van der Waals surface area contributed by atoms with Crippen molar-refractivity contribution in [3.05, 3.63) is 54.8 Å². The summed E-state index contributed by atoms with van der Waals surface area (Å²) in [6.07, 6.45) is 5.08. The molecule has 3 rings (SSSR count). The third kappa shape index (κ3) is 2.67. The highest BCUT2D eigenvalue weighted by atomic mass is 16.4. The highest BCUT2D eigenvalue weighted by Crippen LogP contribution is 2.33. The molecule has 2 aromatic rings. The molecule has 114 valence electrons. The van der Waals surface area contributed by atoms with Crippen molar-refractivity contribution in [2.24, 2.45) is 5.73 Å². The predicted octanol–water partition coefficient (Wildman–Crippen LogP) is 2.01. The van der Waals surface area contributed by atoms with Gasteiger partial charge in [0, 0.05) is 24.5 Å². The molecule has 6 heteroatoms. The van der Waals surface area contributed by atoms with Gasteiger partial charge in [0.05, 0.1) is 12.1 Å². The van der Waals surface area contributed by atoms with Gasteiger partial charge in [0.15, 0.2) is 11.7 Å². The quantitative estimate of drug-likeness (QED) is 0.897. The maximum atomic E-state index is 11.3. The zero-order chi connectivity index (χ0) is 15.5. The van der Waals surface area contributed by atoms with Crippen LogP contribution in [0, 0.1) is 0 Å². The Hall–Kier alpha value is -2.76. The van der Waals surface area contributed by atoms with E-state index in [4.69, 9.17) is 10.2 Å². The largest absolute Gasteiger partial charge is 0.480 e. The minimum atomic E-state index is -0.865. The maximum absolute atomic E-state index is 11.3. The van der Waals surface area contributed by atoms with Crippen LogP contribution in [0.2, 0.25) is 0 Å². The zero-order valence-corrected chi connectivity index (χ0v) is 11.9. The molecule has 1 aromatic heterocycles. The van der Waals surface area contributed by atoms with Crippen LogP contribution in [0.5, 0.6) is 0 Å². The van der Waals surface area contributed by atoms with Crippen LogP contribution in [0.15, 0.2) is 53.3 Å². The number of benzene rings is 1. The second kappa shape index (κ2) is 5.93. The van der Waals surface area contributed by atoms with Crippen LogP contribution >= 0.6 is 0 Å². The maximum Gasteiger partial charge on any atom is 0.326 e. The van der Waals surface area contributed by atoms with Crippen molar-refractivity contribution in [2.45, 2.75) is 18.4 Å². The number of carboxylic acids is 1. The zero-order valence-electron chi connectivity index (χ0n) is 11.9. The molecule has 3 N–H and O–H groups in total. The van der Waals surface area contributed by atoms with Crippen molar-refractivity contribution < 1.29 is 14.3 Å². The van der Waals surface area contributed by atoms with E-state index in [2.05, 4.69) is 4.98 Å². The summed E-state index contributed by atoms with van der Waals surface area (Å²) in [5, 5.41) is 9.29. The van der Waals surface area contributed by atoms with E-state index in [1.807, 2.05) is 30.3 Å². The summed E-state index contributed by atoms with van der Waals surface area (Å²) in [6, 6.07) is 9.09. The van der Waals surface area contributed by atoms with Gasteiger partial charge in [-0.15, -0.1) is 0 Å². The molecule has 22 heavy (non-hydrogen) atoms. The minimum Gasteiger partial charge on any atom is -0.480 e. The van der Waals surface area contributed by atoms with Crippen LogP contribution in [-0.4, -0.2) is 33.5 Å². The summed E-state index contributed by atoms with van der Waals surface area (Å²) >= 11 is 0. The van der Waals surface area contributed by atoms with Crippen molar-refractivity contribution in [1.29, 1.82) is 0 Å². The molecule has 0 bridgehead atoms. The number of oxazole rings is 1. The first-order valence-corrected chi connectivity index (χ1v) is 7.07. The fourth-order valence-electron chi connectivity index (χ4n) is 2.77. The lowest BCUT2D eigenvalue weighted by molar-refractivity contribution is -0.141. The normalized spacial score (nSPS) is 21.5. The lowest BCUT2D eigenvalue weighted by Crippen LogP contribution is -2.31. The van der Waals surface area contributed by atoms with Crippen molar-refractivity contribution in [3.63, 3.8) is 0 Å². The summed E-state index contributed by atoms with van der Waals surface area (Å²) < 4.78 is 5.82. The summed E-state index contributed by atoms with van der Waals surface area (Å²) in [4.78, 5) is 17.4. The van der Waals surface area contributed by atoms with E-state index >= 15 is 0 Å². The average Bonchev–Trinajstić information content (AvgIpc) is 3.15. The molecule has 2 atom stereocenters. The third-order valence-corrected chi connectivity index (χ3v) is 3.83. The number of aromatic nitrogens is 1. The fourth-order valence-corrected chi connectivity index (χ4v) is 2.77. The van der Waals surface area contributed by atoms with Gasteiger partial charge in [0.25, 0.3) is 0 Å². The highest BCUT2D eigenvalue weighted by molar-refractivity contribution is 5.74. The number of carboxylic acid groups (broad SMARTS) is 1. The van der Waals surface area contributed by atoms with Gasteiger partial charge in [-0.2, -0.15) is 0 Å². The molecular formula is C16H17N3O3. The Balaban J connectivity index is 1.81. The van der Waals surface area contributed by atoms with Gasteiger partial charge in [-0.05, 0) is 6.42 Å². The van der Waals surface area contributed by atoms with Gasteiger partial charge in [-0.25, -0.2) is 9.78 Å². The lowest BCUT2D eigenvalue weighted by Gasteiger charge is -2.17. The third-order valence-electron chi connectivity index (χ3n) is 3.83. The minimum absolute atomic E-state index is 0.0604. The van der Waals surface area contributed by atoms with Gasteiger partial charge in [0.1, 0.15) is 6.04 Å². The SMILES string of the molecule is NC=CN1CC(c2ncc(-c3ccccc3)o2)CC1C(=O)O. The molecular weight excluding hydrogens is 282 g/mol. The van der Waals surface area contributed by atoms with Crippen molar-refractivity contribution in [1.82, 2.24) is 9.88 Å². The molecule has 0 saturated carbocycles. The van der Waals surface area contributed by atoms with Gasteiger partial charge in [-0.3, -0.25) is 0 Å². The van der Waals surface area contributed by atoms with Crippen molar-refractivity contribution >= 4 is 5.97 Å². The standard InChI is InChI=1S/C16H17N3O3/c17-6-7-19-10-12(8-13(19)16(20)21)15-18-9-14(22-15)11-4-2-1-3-5-11/h1-7,9,12-13H,8,10,17H2,(H,20,21). The second-order valence-electron chi connectivity index (χ2n) is 5.25. The first kappa shape index (κ1) is 14.2. The van der Waals surface area contributed by atoms with E-state index < -0.39 is 12.0 Å². The number of likely N-dealkylation sites (tertiary alicyclic amines) is 1. The number of aliphatic carboxylic acids is 1. The molecule has 1 aromatic carbocycles. The number of carbonyl (C=O) groups is 1. The van der Waals surface area contributed by atoms with Crippen LogP contribution in [0.25, 0.3) is 11.3 Å². The Morgan fingerprint density at radius 1 is 1.41 bits per heavy atom. The first-order valence-electron chi connectivity index (χ1n) is 7.07. The molecule has 0 radical (unpaired) electrons. The van der Waals surface area contributed by atoms with E-state index in [-0.39, 0.29) is 5.92 Å². The Labute approximate surface area is 127 Å². The smallest absolute Gasteiger partial charge is 0.326 e. The van der Waals surface area contributed by atoms with Crippen LogP contribution in [-0.2, 0) is 4.79 Å². The average molecular weight is 299 g/mol. The first-order chi connectivity index (χ1) is 10.7. The Morgan fingerprint density at radius 3 is 2.86 bits per heavy atom. The van der Waals surface area contributed by atoms with E-state index in [0.29, 0.717) is 24.6 Å². The molecule has 2 unspecified atom stereocenters. The number of rotatable bonds is 4. The van der Waals surface area contributed by atoms with E-state index in [1.54, 1.807) is 17.3 Å². The van der Waals surface area contributed by atoms with Crippen LogP contribution in [0.4, 0.5) is 0 Å². The van der Waals surface area contributed by atoms with Crippen molar-refractivity contribution in [2.75, 3.05) is 6.54 Å². The molecule has 1 aliphatic heterocycles. The number of nitrogens with zero attached hydrogens (tertiary/aromatic N) is 2. The van der Waals surface area contributed by atoms with Crippen LogP contribution < -0.4 is 5.73 Å². The van der Waals surface area contributed by atoms with Gasteiger partial charge in [-0.1, -0.05) is 30.3 Å². The molecule has 2 heterocycles. The van der Waals surface area contributed by atoms with Gasteiger partial charge < -0.3 is 20.2 Å². The molecule has 0 aliphatic carbocycles. The molecule has 6 nitrogen and oxygen atoms in total. The topological polar surface area (TPSA) is 92.6 Å². The Bertz CT molecular complexity index is 681. The highest BCUT2D eigenvalue weighted by Gasteiger charge is 2.38. The Morgan fingerprint density at radius 2 is 2.18 bits per heavy atom. The molecule has 1 saturated heterocycles. The predicted molar refractivity (Wildman–Crippen MR) is 80.8 cm³/mol. The molecule has 0 amide bonds. The lowest BCUT2D eigenvalue weighted by atomic mass is 10.1. The van der Waals surface area contributed by atoms with E-state index in [1.165, 1.54) is 6.20 Å². The number of hydrogen-bond acceptors (Lipinski definition) is 5. The fraction of sp³-hybridized carbons (Fsp3) is 0.250. The summed E-state index contributed by atoms with van der Waals surface area (Å²) in [5.41, 5.74) is 6.33. The molecule has 1 fully saturated rings. The summed E-state index contributed by atoms with van der Waals surface area (Å²) in [5.74, 6) is 0.332. The number of nitrogens with two attached hydrogens (primary N) is 1. The molecule has 1 aliphatic rings. The van der Waals surface area contributed by atoms with Crippen molar-refractivity contribution in [3.8, 4) is 11.3 Å². The summed E-state index contributed by atoms with van der Waals surface area (Å²) in [6.45, 7) is 0.527. The summed E-state index contributed by atoms with van der Waals surface area (Å²) in [7, 11) is 0. The second-order valence-corrected chi connectivity index (χ2v) is 5.25. The van der Waals surface area contributed by atoms with Gasteiger partial charge >= 0.3 is 5.97 Å². The Kier molecular flexibility index (Phi) is 3.82. The van der Waals surface area contributed by atoms with Gasteiger partial charge in [0.2, 0.25) is 0 Å². The molecule has 0 spiro atoms. The van der Waals surface area contributed by atoms with Crippen LogP contribution in [0.3, 0.4) is 0 Å².